The fourth-order valence-corrected chi connectivity index (χ4v) is 6.91. The standard InChI is InChI=1S/C15H17N3O3S4/c1-15(7-8-25(20,21)10-15)16-12(19)9-23-13-17-18(14(22)24-13)11-5-3-2-4-6-11/h2-6H,7-10H2,1H3,(H,16,19)/t15-/m0/s1. The Bertz CT molecular complexity index is 936. The van der Waals surface area contributed by atoms with E-state index in [4.69, 9.17) is 12.2 Å². The molecule has 2 aromatic rings. The van der Waals surface area contributed by atoms with Gasteiger partial charge in [0.05, 0.1) is 28.5 Å². The molecule has 1 aliphatic heterocycles. The van der Waals surface area contributed by atoms with E-state index in [-0.39, 0.29) is 23.2 Å². The van der Waals surface area contributed by atoms with Crippen molar-refractivity contribution in [3.05, 3.63) is 34.3 Å². The highest BCUT2D eigenvalue weighted by Crippen LogP contribution is 2.26. The predicted molar refractivity (Wildman–Crippen MR) is 103 cm³/mol. The number of aromatic nitrogens is 2. The van der Waals surface area contributed by atoms with E-state index in [1.54, 1.807) is 11.6 Å². The first-order chi connectivity index (χ1) is 11.8. The number of benzene rings is 1. The summed E-state index contributed by atoms with van der Waals surface area (Å²) in [6, 6.07) is 9.57. The zero-order valence-electron chi connectivity index (χ0n) is 13.5. The van der Waals surface area contributed by atoms with Gasteiger partial charge in [0.2, 0.25) is 5.91 Å². The number of sulfone groups is 1. The zero-order valence-corrected chi connectivity index (χ0v) is 16.7. The molecule has 10 heteroatoms. The van der Waals surface area contributed by atoms with Crippen molar-refractivity contribution in [3.63, 3.8) is 0 Å². The molecule has 0 saturated carbocycles. The van der Waals surface area contributed by atoms with Crippen molar-refractivity contribution >= 4 is 51.1 Å². The van der Waals surface area contributed by atoms with Gasteiger partial charge in [0.15, 0.2) is 18.1 Å². The maximum absolute atomic E-state index is 12.2. The molecule has 1 saturated heterocycles. The first-order valence-electron chi connectivity index (χ1n) is 7.56. The van der Waals surface area contributed by atoms with Crippen molar-refractivity contribution < 1.29 is 13.2 Å². The Morgan fingerprint density at radius 2 is 2.16 bits per heavy atom. The van der Waals surface area contributed by atoms with Gasteiger partial charge >= 0.3 is 0 Å². The summed E-state index contributed by atoms with van der Waals surface area (Å²) in [6.07, 6.45) is 0.452. The molecule has 25 heavy (non-hydrogen) atoms. The summed E-state index contributed by atoms with van der Waals surface area (Å²) >= 11 is 7.98. The molecule has 1 atom stereocenters. The van der Waals surface area contributed by atoms with Crippen molar-refractivity contribution in [3.8, 4) is 5.69 Å². The fraction of sp³-hybridized carbons (Fsp3) is 0.400. The monoisotopic (exact) mass is 415 g/mol. The molecule has 0 aliphatic carbocycles. The van der Waals surface area contributed by atoms with Crippen molar-refractivity contribution in [1.29, 1.82) is 0 Å². The smallest absolute Gasteiger partial charge is 0.230 e. The summed E-state index contributed by atoms with van der Waals surface area (Å²) in [6.45, 7) is 1.77. The van der Waals surface area contributed by atoms with E-state index in [0.29, 0.717) is 14.7 Å². The first-order valence-corrected chi connectivity index (χ1v) is 11.6. The highest BCUT2D eigenvalue weighted by Gasteiger charge is 2.39. The Morgan fingerprint density at radius 3 is 2.80 bits per heavy atom. The highest BCUT2D eigenvalue weighted by atomic mass is 32.2. The van der Waals surface area contributed by atoms with Gasteiger partial charge in [-0.2, -0.15) is 0 Å². The van der Waals surface area contributed by atoms with Crippen LogP contribution in [0.25, 0.3) is 5.69 Å². The lowest BCUT2D eigenvalue weighted by Gasteiger charge is -2.23. The van der Waals surface area contributed by atoms with Crippen LogP contribution in [0, 0.1) is 3.95 Å². The maximum Gasteiger partial charge on any atom is 0.230 e. The van der Waals surface area contributed by atoms with Crippen molar-refractivity contribution in [2.24, 2.45) is 0 Å². The summed E-state index contributed by atoms with van der Waals surface area (Å²) < 4.78 is 26.2. The molecule has 1 N–H and O–H groups in total. The molecule has 1 fully saturated rings. The fourth-order valence-electron chi connectivity index (χ4n) is 2.66. The van der Waals surface area contributed by atoms with Crippen LogP contribution in [0.1, 0.15) is 13.3 Å². The van der Waals surface area contributed by atoms with E-state index in [2.05, 4.69) is 10.4 Å². The molecule has 1 aromatic carbocycles. The van der Waals surface area contributed by atoms with Gasteiger partial charge in [0.25, 0.3) is 0 Å². The number of para-hydroxylation sites is 1. The molecule has 6 nitrogen and oxygen atoms in total. The van der Waals surface area contributed by atoms with Gasteiger partial charge in [-0.15, -0.1) is 5.10 Å². The number of carbonyl (C=O) groups excluding carboxylic acids is 1. The number of thioether (sulfide) groups is 1. The highest BCUT2D eigenvalue weighted by molar-refractivity contribution is 8.01. The topological polar surface area (TPSA) is 81.1 Å². The van der Waals surface area contributed by atoms with E-state index in [1.807, 2.05) is 30.3 Å². The molecule has 0 radical (unpaired) electrons. The van der Waals surface area contributed by atoms with Crippen molar-refractivity contribution in [1.82, 2.24) is 15.1 Å². The average molecular weight is 416 g/mol. The van der Waals surface area contributed by atoms with Gasteiger partial charge in [-0.3, -0.25) is 4.79 Å². The minimum Gasteiger partial charge on any atom is -0.349 e. The molecule has 2 heterocycles. The van der Waals surface area contributed by atoms with Crippen LogP contribution >= 0.6 is 35.3 Å². The second kappa shape index (κ2) is 7.18. The SMILES string of the molecule is C[C@]1(NC(=O)CSc2nn(-c3ccccc3)c(=S)s2)CCS(=O)(=O)C1. The van der Waals surface area contributed by atoms with E-state index >= 15 is 0 Å². The Hall–Kier alpha value is -1.23. The van der Waals surface area contributed by atoms with Crippen LogP contribution in [0.15, 0.2) is 34.7 Å². The maximum atomic E-state index is 12.2. The van der Waals surface area contributed by atoms with Crippen LogP contribution in [0.4, 0.5) is 0 Å². The first kappa shape index (κ1) is 18.6. The van der Waals surface area contributed by atoms with E-state index in [1.165, 1.54) is 23.1 Å². The number of amides is 1. The van der Waals surface area contributed by atoms with Crippen LogP contribution in [-0.4, -0.2) is 46.9 Å². The summed E-state index contributed by atoms with van der Waals surface area (Å²) in [4.78, 5) is 12.2. The lowest BCUT2D eigenvalue weighted by molar-refractivity contribution is -0.120. The summed E-state index contributed by atoms with van der Waals surface area (Å²) in [5, 5.41) is 7.28. The molecular formula is C15H17N3O3S4. The molecule has 0 spiro atoms. The third-order valence-corrected chi connectivity index (χ3v) is 8.07. The lowest BCUT2D eigenvalue weighted by Crippen LogP contribution is -2.47. The van der Waals surface area contributed by atoms with E-state index in [9.17, 15) is 13.2 Å². The number of carbonyl (C=O) groups is 1. The second-order valence-corrected chi connectivity index (χ2v) is 11.1. The molecule has 1 aliphatic rings. The normalized spacial score (nSPS) is 22.0. The third-order valence-electron chi connectivity index (χ3n) is 3.80. The summed E-state index contributed by atoms with van der Waals surface area (Å²) in [5.74, 6) is 0.0989. The number of nitrogens with zero attached hydrogens (tertiary/aromatic N) is 2. The van der Waals surface area contributed by atoms with E-state index in [0.717, 1.165) is 5.69 Å². The van der Waals surface area contributed by atoms with Gasteiger partial charge < -0.3 is 5.32 Å². The van der Waals surface area contributed by atoms with Gasteiger partial charge in [0, 0.05) is 0 Å². The molecule has 1 aromatic heterocycles. The molecule has 0 bridgehead atoms. The zero-order chi connectivity index (χ0) is 18.1. The number of hydrogen-bond acceptors (Lipinski definition) is 7. The van der Waals surface area contributed by atoms with Gasteiger partial charge in [-0.1, -0.05) is 41.3 Å². The largest absolute Gasteiger partial charge is 0.349 e. The Morgan fingerprint density at radius 1 is 1.44 bits per heavy atom. The minimum atomic E-state index is -3.05. The lowest BCUT2D eigenvalue weighted by atomic mass is 10.0. The number of rotatable bonds is 5. The third kappa shape index (κ3) is 4.69. The van der Waals surface area contributed by atoms with Crippen LogP contribution < -0.4 is 5.32 Å². The molecule has 1 amide bonds. The molecule has 0 unspecified atom stereocenters. The Kier molecular flexibility index (Phi) is 5.33. The second-order valence-electron chi connectivity index (χ2n) is 6.12. The molecule has 3 rings (SSSR count). The van der Waals surface area contributed by atoms with Crippen LogP contribution in [0.3, 0.4) is 0 Å². The predicted octanol–water partition coefficient (Wildman–Crippen LogP) is 2.45. The van der Waals surface area contributed by atoms with Gasteiger partial charge in [0.1, 0.15) is 0 Å². The van der Waals surface area contributed by atoms with Crippen molar-refractivity contribution in [2.45, 2.75) is 23.2 Å². The number of hydrogen-bond donors (Lipinski definition) is 1. The van der Waals surface area contributed by atoms with Gasteiger partial charge in [-0.25, -0.2) is 13.1 Å². The quantitative estimate of drug-likeness (QED) is 0.597. The van der Waals surface area contributed by atoms with E-state index < -0.39 is 15.4 Å². The van der Waals surface area contributed by atoms with Crippen LogP contribution in [0.2, 0.25) is 0 Å². The Labute approximate surface area is 159 Å². The van der Waals surface area contributed by atoms with Crippen molar-refractivity contribution in [2.75, 3.05) is 17.3 Å². The molecular weight excluding hydrogens is 398 g/mol. The summed E-state index contributed by atoms with van der Waals surface area (Å²) in [5.41, 5.74) is 0.204. The van der Waals surface area contributed by atoms with Crippen LogP contribution in [-0.2, 0) is 14.6 Å². The van der Waals surface area contributed by atoms with Crippen LogP contribution in [0.5, 0.6) is 0 Å². The average Bonchev–Trinajstić information content (AvgIpc) is 3.05. The minimum absolute atomic E-state index is 0.00201. The Balaban J connectivity index is 1.61. The number of nitrogens with one attached hydrogen (secondary N) is 1. The summed E-state index contributed by atoms with van der Waals surface area (Å²) in [7, 11) is -3.05. The molecule has 134 valence electrons. The van der Waals surface area contributed by atoms with Gasteiger partial charge in [-0.05, 0) is 37.7 Å².